The molecule has 0 aromatic heterocycles. The Labute approximate surface area is 116 Å². The Kier molecular flexibility index (Phi) is 5.11. The van der Waals surface area contributed by atoms with Crippen LogP contribution in [0, 0.1) is 18.7 Å². The molecule has 0 aliphatic rings. The van der Waals surface area contributed by atoms with Gasteiger partial charge in [-0.05, 0) is 50.8 Å². The van der Waals surface area contributed by atoms with Crippen molar-refractivity contribution in [3.05, 3.63) is 35.1 Å². The molecule has 19 heavy (non-hydrogen) atoms. The number of nitrogens with one attached hydrogen (secondary N) is 1. The van der Waals surface area contributed by atoms with Crippen LogP contribution in [0.3, 0.4) is 0 Å². The van der Waals surface area contributed by atoms with Gasteiger partial charge in [-0.1, -0.05) is 26.0 Å². The van der Waals surface area contributed by atoms with E-state index in [-0.39, 0.29) is 23.3 Å². The van der Waals surface area contributed by atoms with Crippen molar-refractivity contribution in [1.29, 1.82) is 0 Å². The van der Waals surface area contributed by atoms with Crippen LogP contribution in [-0.4, -0.2) is 16.7 Å². The molecule has 2 N–H and O–H groups in total. The van der Waals surface area contributed by atoms with E-state index in [0.29, 0.717) is 5.56 Å². The normalized spacial score (nSPS) is 15.6. The summed E-state index contributed by atoms with van der Waals surface area (Å²) in [7, 11) is 0. The van der Waals surface area contributed by atoms with Crippen LogP contribution < -0.4 is 5.32 Å². The van der Waals surface area contributed by atoms with Gasteiger partial charge in [-0.25, -0.2) is 4.39 Å². The summed E-state index contributed by atoms with van der Waals surface area (Å²) in [4.78, 5) is 0. The van der Waals surface area contributed by atoms with Crippen LogP contribution >= 0.6 is 0 Å². The number of hydrogen-bond donors (Lipinski definition) is 2. The first kappa shape index (κ1) is 16.1. The van der Waals surface area contributed by atoms with E-state index in [9.17, 15) is 9.50 Å². The lowest BCUT2D eigenvalue weighted by molar-refractivity contribution is 0.0893. The molecule has 1 aromatic rings. The predicted molar refractivity (Wildman–Crippen MR) is 77.6 cm³/mol. The molecule has 0 fully saturated rings. The number of hydrogen-bond acceptors (Lipinski definition) is 2. The summed E-state index contributed by atoms with van der Waals surface area (Å²) in [5.74, 6) is 0.0420. The molecule has 0 heterocycles. The number of benzene rings is 1. The van der Waals surface area contributed by atoms with Crippen molar-refractivity contribution in [2.45, 2.75) is 59.2 Å². The zero-order valence-electron chi connectivity index (χ0n) is 12.8. The Bertz CT molecular complexity index is 423. The Morgan fingerprint density at radius 3 is 2.21 bits per heavy atom. The van der Waals surface area contributed by atoms with Gasteiger partial charge in [-0.3, -0.25) is 0 Å². The van der Waals surface area contributed by atoms with Crippen molar-refractivity contribution in [3.8, 4) is 0 Å². The third-order valence-electron chi connectivity index (χ3n) is 3.18. The highest BCUT2D eigenvalue weighted by atomic mass is 19.1. The Morgan fingerprint density at radius 1 is 1.21 bits per heavy atom. The minimum absolute atomic E-state index is 0.0649. The summed E-state index contributed by atoms with van der Waals surface area (Å²) < 4.78 is 13.3. The largest absolute Gasteiger partial charge is 0.387 e. The first-order valence-electron chi connectivity index (χ1n) is 6.83. The summed E-state index contributed by atoms with van der Waals surface area (Å²) in [6.07, 6.45) is -0.640. The number of rotatable bonds is 4. The van der Waals surface area contributed by atoms with Crippen LogP contribution in [0.1, 0.15) is 51.8 Å². The molecular formula is C16H26FNO. The summed E-state index contributed by atoms with van der Waals surface area (Å²) in [6, 6.07) is 4.74. The van der Waals surface area contributed by atoms with E-state index >= 15 is 0 Å². The molecular weight excluding hydrogens is 241 g/mol. The number of aliphatic hydroxyl groups excluding tert-OH is 1. The van der Waals surface area contributed by atoms with Crippen LogP contribution in [0.15, 0.2) is 18.2 Å². The second-order valence-electron chi connectivity index (χ2n) is 6.62. The molecule has 2 nitrogen and oxygen atoms in total. The quantitative estimate of drug-likeness (QED) is 0.874. The first-order valence-corrected chi connectivity index (χ1v) is 6.83. The van der Waals surface area contributed by atoms with E-state index < -0.39 is 6.10 Å². The van der Waals surface area contributed by atoms with E-state index in [1.165, 1.54) is 6.07 Å². The van der Waals surface area contributed by atoms with Crippen LogP contribution in [0.2, 0.25) is 0 Å². The lowest BCUT2D eigenvalue weighted by atomic mass is 9.90. The molecule has 0 spiro atoms. The molecule has 1 aromatic carbocycles. The predicted octanol–water partition coefficient (Wildman–Crippen LogP) is 3.58. The van der Waals surface area contributed by atoms with Gasteiger partial charge in [0.1, 0.15) is 5.82 Å². The second-order valence-corrected chi connectivity index (χ2v) is 6.62. The number of halogens is 1. The minimum atomic E-state index is -0.640. The highest BCUT2D eigenvalue weighted by Crippen LogP contribution is 2.25. The SMILES string of the molecule is Cc1cc(C(O)C(NC(C)(C)C)C(C)C)ccc1F. The maximum absolute atomic E-state index is 13.3. The van der Waals surface area contributed by atoms with Gasteiger partial charge in [0.2, 0.25) is 0 Å². The van der Waals surface area contributed by atoms with Crippen LogP contribution in [0.25, 0.3) is 0 Å². The maximum Gasteiger partial charge on any atom is 0.126 e. The van der Waals surface area contributed by atoms with Gasteiger partial charge in [-0.15, -0.1) is 0 Å². The molecule has 2 atom stereocenters. The van der Waals surface area contributed by atoms with Crippen molar-refractivity contribution in [2.75, 3.05) is 0 Å². The average Bonchev–Trinajstić information content (AvgIpc) is 2.27. The fourth-order valence-electron chi connectivity index (χ4n) is 2.17. The Balaban J connectivity index is 2.99. The fourth-order valence-corrected chi connectivity index (χ4v) is 2.17. The highest BCUT2D eigenvalue weighted by Gasteiger charge is 2.28. The van der Waals surface area contributed by atoms with Gasteiger partial charge in [0.15, 0.2) is 0 Å². The van der Waals surface area contributed by atoms with Crippen molar-refractivity contribution in [3.63, 3.8) is 0 Å². The molecule has 1 rings (SSSR count). The molecule has 0 bridgehead atoms. The zero-order chi connectivity index (χ0) is 14.8. The third-order valence-corrected chi connectivity index (χ3v) is 3.18. The van der Waals surface area contributed by atoms with Gasteiger partial charge >= 0.3 is 0 Å². The van der Waals surface area contributed by atoms with Gasteiger partial charge in [-0.2, -0.15) is 0 Å². The maximum atomic E-state index is 13.3. The molecule has 108 valence electrons. The standard InChI is InChI=1S/C16H26FNO/c1-10(2)14(18-16(4,5)6)15(19)12-7-8-13(17)11(3)9-12/h7-10,14-15,18-19H,1-6H3. The summed E-state index contributed by atoms with van der Waals surface area (Å²) in [6.45, 7) is 12.1. The lowest BCUT2D eigenvalue weighted by Crippen LogP contribution is -2.49. The van der Waals surface area contributed by atoms with Gasteiger partial charge in [0, 0.05) is 11.6 Å². The fraction of sp³-hybridized carbons (Fsp3) is 0.625. The molecule has 0 saturated heterocycles. The number of aryl methyl sites for hydroxylation is 1. The third kappa shape index (κ3) is 4.59. The molecule has 0 radical (unpaired) electrons. The molecule has 0 saturated carbocycles. The monoisotopic (exact) mass is 267 g/mol. The summed E-state index contributed by atoms with van der Waals surface area (Å²) >= 11 is 0. The second kappa shape index (κ2) is 6.02. The molecule has 0 amide bonds. The zero-order valence-corrected chi connectivity index (χ0v) is 12.8. The van der Waals surface area contributed by atoms with E-state index in [1.807, 2.05) is 0 Å². The average molecular weight is 267 g/mol. The Morgan fingerprint density at radius 2 is 1.79 bits per heavy atom. The van der Waals surface area contributed by atoms with Crippen molar-refractivity contribution < 1.29 is 9.50 Å². The molecule has 2 unspecified atom stereocenters. The van der Waals surface area contributed by atoms with Crippen molar-refractivity contribution in [1.82, 2.24) is 5.32 Å². The summed E-state index contributed by atoms with van der Waals surface area (Å²) in [5.41, 5.74) is 1.24. The molecule has 0 aliphatic heterocycles. The lowest BCUT2D eigenvalue weighted by Gasteiger charge is -2.34. The van der Waals surface area contributed by atoms with Gasteiger partial charge in [0.25, 0.3) is 0 Å². The van der Waals surface area contributed by atoms with E-state index in [1.54, 1.807) is 19.1 Å². The van der Waals surface area contributed by atoms with Crippen LogP contribution in [0.5, 0.6) is 0 Å². The van der Waals surface area contributed by atoms with Gasteiger partial charge < -0.3 is 10.4 Å². The number of aliphatic hydroxyl groups is 1. The smallest absolute Gasteiger partial charge is 0.126 e. The van der Waals surface area contributed by atoms with Crippen LogP contribution in [-0.2, 0) is 0 Å². The minimum Gasteiger partial charge on any atom is -0.387 e. The summed E-state index contributed by atoms with van der Waals surface area (Å²) in [5, 5.41) is 14.0. The molecule has 3 heteroatoms. The molecule has 0 aliphatic carbocycles. The topological polar surface area (TPSA) is 32.3 Å². The van der Waals surface area contributed by atoms with Gasteiger partial charge in [0.05, 0.1) is 6.10 Å². The van der Waals surface area contributed by atoms with E-state index in [0.717, 1.165) is 5.56 Å². The van der Waals surface area contributed by atoms with Crippen molar-refractivity contribution in [2.24, 2.45) is 5.92 Å². The first-order chi connectivity index (χ1) is 8.61. The Hall–Kier alpha value is -0.930. The van der Waals surface area contributed by atoms with Crippen LogP contribution in [0.4, 0.5) is 4.39 Å². The van der Waals surface area contributed by atoms with E-state index in [2.05, 4.69) is 39.9 Å². The highest BCUT2D eigenvalue weighted by molar-refractivity contribution is 5.26. The van der Waals surface area contributed by atoms with E-state index in [4.69, 9.17) is 0 Å². The van der Waals surface area contributed by atoms with Crippen molar-refractivity contribution >= 4 is 0 Å².